The second-order valence-electron chi connectivity index (χ2n) is 6.30. The van der Waals surface area contributed by atoms with E-state index in [-0.39, 0.29) is 5.78 Å². The highest BCUT2D eigenvalue weighted by Gasteiger charge is 2.14. The standard InChI is InChI=1S/C19H27NO/c1-14-9-11-18(13-17(14)12-10-15(2)21)16(3)20-19-7-5-4-6-8-19/h9,11,13,19-20H,3-8,10,12H2,1-2H3. The zero-order valence-electron chi connectivity index (χ0n) is 13.4. The number of aryl methyl sites for hydroxylation is 2. The lowest BCUT2D eigenvalue weighted by atomic mass is 9.94. The maximum Gasteiger partial charge on any atom is 0.130 e. The largest absolute Gasteiger partial charge is 0.382 e. The Hall–Kier alpha value is -1.57. The summed E-state index contributed by atoms with van der Waals surface area (Å²) in [6, 6.07) is 7.04. The molecule has 0 spiro atoms. The minimum atomic E-state index is 0.249. The van der Waals surface area contributed by atoms with E-state index in [1.54, 1.807) is 6.92 Å². The van der Waals surface area contributed by atoms with E-state index >= 15 is 0 Å². The van der Waals surface area contributed by atoms with Crippen molar-refractivity contribution in [1.29, 1.82) is 0 Å². The molecule has 2 nitrogen and oxygen atoms in total. The molecule has 0 atom stereocenters. The average Bonchev–Trinajstić information content (AvgIpc) is 2.47. The third kappa shape index (κ3) is 4.73. The van der Waals surface area contributed by atoms with Gasteiger partial charge in [0.05, 0.1) is 0 Å². The van der Waals surface area contributed by atoms with Crippen LogP contribution in [0.1, 0.15) is 62.1 Å². The van der Waals surface area contributed by atoms with Crippen LogP contribution in [-0.4, -0.2) is 11.8 Å². The van der Waals surface area contributed by atoms with E-state index in [9.17, 15) is 4.79 Å². The number of rotatable bonds is 6. The molecule has 0 saturated heterocycles. The first-order valence-electron chi connectivity index (χ1n) is 8.11. The molecule has 0 bridgehead atoms. The van der Waals surface area contributed by atoms with Crippen LogP contribution in [0.15, 0.2) is 24.8 Å². The van der Waals surface area contributed by atoms with Gasteiger partial charge in [-0.1, -0.05) is 38.0 Å². The molecule has 1 aliphatic carbocycles. The summed E-state index contributed by atoms with van der Waals surface area (Å²) < 4.78 is 0. The third-order valence-electron chi connectivity index (χ3n) is 4.43. The van der Waals surface area contributed by atoms with Gasteiger partial charge in [-0.25, -0.2) is 0 Å². The second kappa shape index (κ2) is 7.44. The molecular formula is C19H27NO. The molecular weight excluding hydrogens is 258 g/mol. The van der Waals surface area contributed by atoms with Crippen LogP contribution >= 0.6 is 0 Å². The van der Waals surface area contributed by atoms with Crippen LogP contribution < -0.4 is 5.32 Å². The Morgan fingerprint density at radius 1 is 1.29 bits per heavy atom. The van der Waals surface area contributed by atoms with Gasteiger partial charge in [0, 0.05) is 18.2 Å². The number of nitrogens with one attached hydrogen (secondary N) is 1. The highest BCUT2D eigenvalue weighted by molar-refractivity contribution is 5.75. The Bertz CT molecular complexity index is 512. The molecule has 1 fully saturated rings. The molecule has 1 aromatic carbocycles. The van der Waals surface area contributed by atoms with E-state index in [1.807, 2.05) is 0 Å². The smallest absolute Gasteiger partial charge is 0.130 e. The number of hydrogen-bond acceptors (Lipinski definition) is 2. The summed E-state index contributed by atoms with van der Waals surface area (Å²) in [5.74, 6) is 0.249. The van der Waals surface area contributed by atoms with Gasteiger partial charge in [0.1, 0.15) is 5.78 Å². The predicted molar refractivity (Wildman–Crippen MR) is 89.2 cm³/mol. The minimum Gasteiger partial charge on any atom is -0.382 e. The van der Waals surface area contributed by atoms with E-state index in [0.29, 0.717) is 12.5 Å². The SMILES string of the molecule is C=C(NC1CCCCC1)c1ccc(C)c(CCC(C)=O)c1. The van der Waals surface area contributed by atoms with Crippen molar-refractivity contribution in [1.82, 2.24) is 5.32 Å². The van der Waals surface area contributed by atoms with Crippen molar-refractivity contribution >= 4 is 11.5 Å². The Balaban J connectivity index is 2.02. The molecule has 0 aliphatic heterocycles. The molecule has 2 rings (SSSR count). The monoisotopic (exact) mass is 285 g/mol. The number of Topliss-reactive ketones (excluding diaryl/α,β-unsaturated/α-hetero) is 1. The lowest BCUT2D eigenvalue weighted by molar-refractivity contribution is -0.116. The maximum atomic E-state index is 11.2. The molecule has 0 radical (unpaired) electrons. The van der Waals surface area contributed by atoms with Gasteiger partial charge < -0.3 is 10.1 Å². The number of benzene rings is 1. The highest BCUT2D eigenvalue weighted by atomic mass is 16.1. The third-order valence-corrected chi connectivity index (χ3v) is 4.43. The van der Waals surface area contributed by atoms with Crippen LogP contribution in [0.3, 0.4) is 0 Å². The predicted octanol–water partition coefficient (Wildman–Crippen LogP) is 4.41. The average molecular weight is 285 g/mol. The molecule has 0 heterocycles. The van der Waals surface area contributed by atoms with Crippen LogP contribution in [0.4, 0.5) is 0 Å². The van der Waals surface area contributed by atoms with Crippen molar-refractivity contribution in [3.8, 4) is 0 Å². The number of ketones is 1. The topological polar surface area (TPSA) is 29.1 Å². The Morgan fingerprint density at radius 3 is 2.67 bits per heavy atom. The van der Waals surface area contributed by atoms with Gasteiger partial charge in [0.25, 0.3) is 0 Å². The molecule has 21 heavy (non-hydrogen) atoms. The van der Waals surface area contributed by atoms with Gasteiger partial charge >= 0.3 is 0 Å². The van der Waals surface area contributed by atoms with Crippen molar-refractivity contribution in [3.63, 3.8) is 0 Å². The van der Waals surface area contributed by atoms with Gasteiger partial charge in [0.15, 0.2) is 0 Å². The van der Waals surface area contributed by atoms with E-state index in [2.05, 4.69) is 37.0 Å². The van der Waals surface area contributed by atoms with Crippen LogP contribution in [0.5, 0.6) is 0 Å². The van der Waals surface area contributed by atoms with Gasteiger partial charge in [0.2, 0.25) is 0 Å². The van der Waals surface area contributed by atoms with Gasteiger partial charge in [-0.3, -0.25) is 0 Å². The fourth-order valence-corrected chi connectivity index (χ4v) is 3.02. The van der Waals surface area contributed by atoms with Crippen LogP contribution in [0, 0.1) is 6.92 Å². The van der Waals surface area contributed by atoms with Crippen molar-refractivity contribution in [3.05, 3.63) is 41.5 Å². The molecule has 114 valence electrons. The summed E-state index contributed by atoms with van der Waals surface area (Å²) in [5.41, 5.74) is 4.69. The van der Waals surface area contributed by atoms with Gasteiger partial charge in [-0.15, -0.1) is 0 Å². The molecule has 0 unspecified atom stereocenters. The van der Waals surface area contributed by atoms with E-state index < -0.39 is 0 Å². The number of carbonyl (C=O) groups excluding carboxylic acids is 1. The molecule has 0 aromatic heterocycles. The summed E-state index contributed by atoms with van der Waals surface area (Å²) >= 11 is 0. The van der Waals surface area contributed by atoms with Crippen LogP contribution in [0.25, 0.3) is 5.70 Å². The molecule has 1 saturated carbocycles. The van der Waals surface area contributed by atoms with Crippen molar-refractivity contribution in [2.45, 2.75) is 64.8 Å². The maximum absolute atomic E-state index is 11.2. The van der Waals surface area contributed by atoms with Gasteiger partial charge in [-0.05, 0) is 55.9 Å². The zero-order chi connectivity index (χ0) is 15.2. The van der Waals surface area contributed by atoms with Crippen LogP contribution in [0.2, 0.25) is 0 Å². The summed E-state index contributed by atoms with van der Waals surface area (Å²) in [7, 11) is 0. The fraction of sp³-hybridized carbons (Fsp3) is 0.526. The first kappa shape index (κ1) is 15.8. The summed E-state index contributed by atoms with van der Waals surface area (Å²) in [6.45, 7) is 7.97. The molecule has 2 heteroatoms. The Labute approximate surface area is 128 Å². The van der Waals surface area contributed by atoms with E-state index in [4.69, 9.17) is 0 Å². The molecule has 1 aromatic rings. The van der Waals surface area contributed by atoms with Gasteiger partial charge in [-0.2, -0.15) is 0 Å². The Morgan fingerprint density at radius 2 is 2.00 bits per heavy atom. The van der Waals surface area contributed by atoms with Crippen LogP contribution in [-0.2, 0) is 11.2 Å². The first-order valence-corrected chi connectivity index (χ1v) is 8.11. The van der Waals surface area contributed by atoms with Crippen molar-refractivity contribution in [2.75, 3.05) is 0 Å². The van der Waals surface area contributed by atoms with E-state index in [0.717, 1.165) is 17.7 Å². The Kier molecular flexibility index (Phi) is 5.60. The van der Waals surface area contributed by atoms with E-state index in [1.165, 1.54) is 43.2 Å². The lowest BCUT2D eigenvalue weighted by Crippen LogP contribution is -2.29. The quantitative estimate of drug-likeness (QED) is 0.839. The summed E-state index contributed by atoms with van der Waals surface area (Å²) in [5, 5.41) is 3.59. The highest BCUT2D eigenvalue weighted by Crippen LogP contribution is 2.22. The second-order valence-corrected chi connectivity index (χ2v) is 6.30. The number of hydrogen-bond donors (Lipinski definition) is 1. The molecule has 1 N–H and O–H groups in total. The number of carbonyl (C=O) groups is 1. The first-order chi connectivity index (χ1) is 10.1. The lowest BCUT2D eigenvalue weighted by Gasteiger charge is -2.25. The summed E-state index contributed by atoms with van der Waals surface area (Å²) in [4.78, 5) is 11.2. The van der Waals surface area contributed by atoms with Crippen molar-refractivity contribution in [2.24, 2.45) is 0 Å². The summed E-state index contributed by atoms with van der Waals surface area (Å²) in [6.07, 6.45) is 7.96. The molecule has 1 aliphatic rings. The van der Waals surface area contributed by atoms with Crippen molar-refractivity contribution < 1.29 is 4.79 Å². The zero-order valence-corrected chi connectivity index (χ0v) is 13.4. The normalized spacial score (nSPS) is 15.7. The molecule has 0 amide bonds. The fourth-order valence-electron chi connectivity index (χ4n) is 3.02. The minimum absolute atomic E-state index is 0.249.